The van der Waals surface area contributed by atoms with E-state index in [9.17, 15) is 0 Å². The maximum atomic E-state index is 5.25. The van der Waals surface area contributed by atoms with Gasteiger partial charge in [-0.15, -0.1) is 11.3 Å². The van der Waals surface area contributed by atoms with Gasteiger partial charge < -0.3 is 14.6 Å². The predicted molar refractivity (Wildman–Crippen MR) is 73.1 cm³/mol. The first-order valence-corrected chi connectivity index (χ1v) is 7.21. The van der Waals surface area contributed by atoms with Crippen LogP contribution < -0.4 is 5.32 Å². The average molecular weight is 282 g/mol. The highest BCUT2D eigenvalue weighted by molar-refractivity contribution is 7.07. The highest BCUT2D eigenvalue weighted by Gasteiger charge is 2.15. The van der Waals surface area contributed by atoms with Crippen LogP contribution in [0.25, 0.3) is 11.5 Å². The van der Waals surface area contributed by atoms with Gasteiger partial charge in [0, 0.05) is 25.0 Å². The molecule has 0 aliphatic heterocycles. The Hall–Kier alpha value is -1.31. The maximum absolute atomic E-state index is 5.25. The Morgan fingerprint density at radius 1 is 1.53 bits per heavy atom. The average Bonchev–Trinajstić information content (AvgIpc) is 3.06. The van der Waals surface area contributed by atoms with Gasteiger partial charge in [0.1, 0.15) is 5.69 Å². The summed E-state index contributed by atoms with van der Waals surface area (Å²) in [7, 11) is 1.69. The van der Waals surface area contributed by atoms with Gasteiger partial charge in [-0.05, 0) is 13.0 Å². The van der Waals surface area contributed by atoms with Crippen LogP contribution >= 0.6 is 11.3 Å². The van der Waals surface area contributed by atoms with E-state index in [1.54, 1.807) is 12.6 Å². The fraction of sp³-hybridized carbons (Fsp3) is 0.583. The molecular weight excluding hydrogens is 264 g/mol. The molecule has 2 rings (SSSR count). The summed E-state index contributed by atoms with van der Waals surface area (Å²) in [5.41, 5.74) is 2.51. The van der Waals surface area contributed by atoms with E-state index in [2.05, 4.69) is 27.4 Å². The first-order chi connectivity index (χ1) is 9.33. The van der Waals surface area contributed by atoms with E-state index >= 15 is 0 Å². The third-order valence-electron chi connectivity index (χ3n) is 2.60. The number of hydrogen-bond acceptors (Lipinski definition) is 7. The lowest BCUT2D eigenvalue weighted by atomic mass is 10.2. The molecule has 0 amide bonds. The van der Waals surface area contributed by atoms with Crippen molar-refractivity contribution in [2.24, 2.45) is 0 Å². The van der Waals surface area contributed by atoms with E-state index in [-0.39, 0.29) is 6.04 Å². The Morgan fingerprint density at radius 3 is 3.11 bits per heavy atom. The minimum atomic E-state index is 0.189. The number of nitrogens with zero attached hydrogens (tertiary/aromatic N) is 3. The molecule has 0 bridgehead atoms. The summed E-state index contributed by atoms with van der Waals surface area (Å²) in [5.74, 6) is 1.15. The van der Waals surface area contributed by atoms with Crippen molar-refractivity contribution in [3.05, 3.63) is 16.8 Å². The molecule has 2 aromatic rings. The van der Waals surface area contributed by atoms with E-state index in [0.717, 1.165) is 18.7 Å². The van der Waals surface area contributed by atoms with Crippen LogP contribution in [-0.4, -0.2) is 41.4 Å². The lowest BCUT2D eigenvalue weighted by Gasteiger charge is -2.15. The van der Waals surface area contributed by atoms with Gasteiger partial charge in [0.2, 0.25) is 11.7 Å². The lowest BCUT2D eigenvalue weighted by Crippen LogP contribution is -2.35. The van der Waals surface area contributed by atoms with Crippen molar-refractivity contribution in [2.45, 2.75) is 25.8 Å². The number of thiazole rings is 1. The summed E-state index contributed by atoms with van der Waals surface area (Å²) in [6.45, 7) is 3.69. The first-order valence-electron chi connectivity index (χ1n) is 6.27. The zero-order chi connectivity index (χ0) is 13.5. The van der Waals surface area contributed by atoms with E-state index in [0.29, 0.717) is 24.7 Å². The summed E-state index contributed by atoms with van der Waals surface area (Å²) in [5, 5.41) is 9.24. The van der Waals surface area contributed by atoms with Gasteiger partial charge >= 0.3 is 0 Å². The molecule has 6 nitrogen and oxygen atoms in total. The summed E-state index contributed by atoms with van der Waals surface area (Å²) in [6, 6.07) is 0.189. The molecule has 0 saturated heterocycles. The second-order valence-electron chi connectivity index (χ2n) is 4.20. The Morgan fingerprint density at radius 2 is 2.42 bits per heavy atom. The number of ether oxygens (including phenoxy) is 1. The highest BCUT2D eigenvalue weighted by Crippen LogP contribution is 2.15. The molecule has 19 heavy (non-hydrogen) atoms. The fourth-order valence-electron chi connectivity index (χ4n) is 1.72. The van der Waals surface area contributed by atoms with E-state index in [4.69, 9.17) is 9.26 Å². The van der Waals surface area contributed by atoms with Crippen LogP contribution in [0, 0.1) is 0 Å². The van der Waals surface area contributed by atoms with Crippen LogP contribution in [0.5, 0.6) is 0 Å². The largest absolute Gasteiger partial charge is 0.383 e. The molecular formula is C12H18N4O2S. The Kier molecular flexibility index (Phi) is 5.44. The van der Waals surface area contributed by atoms with Crippen LogP contribution in [0.3, 0.4) is 0 Å². The van der Waals surface area contributed by atoms with Crippen molar-refractivity contribution < 1.29 is 9.26 Å². The molecule has 0 aliphatic rings. The third kappa shape index (κ3) is 4.09. The molecule has 0 aromatic carbocycles. The van der Waals surface area contributed by atoms with Crippen LogP contribution in [0.1, 0.15) is 19.2 Å². The monoisotopic (exact) mass is 282 g/mol. The second kappa shape index (κ2) is 7.32. The molecule has 0 aliphatic carbocycles. The molecule has 0 spiro atoms. The molecule has 0 fully saturated rings. The number of hydrogen-bond donors (Lipinski definition) is 1. The van der Waals surface area contributed by atoms with Gasteiger partial charge in [-0.2, -0.15) is 4.98 Å². The molecule has 7 heteroatoms. The van der Waals surface area contributed by atoms with Crippen LogP contribution in [0.2, 0.25) is 0 Å². The maximum Gasteiger partial charge on any atom is 0.228 e. The first kappa shape index (κ1) is 14.1. The number of aromatic nitrogens is 3. The summed E-state index contributed by atoms with van der Waals surface area (Å²) in [4.78, 5) is 8.51. The molecule has 1 unspecified atom stereocenters. The third-order valence-corrected chi connectivity index (χ3v) is 3.19. The summed E-state index contributed by atoms with van der Waals surface area (Å²) in [6.07, 6.45) is 1.74. The van der Waals surface area contributed by atoms with E-state index in [1.165, 1.54) is 11.3 Å². The van der Waals surface area contributed by atoms with Gasteiger partial charge in [0.25, 0.3) is 0 Å². The standard InChI is InChI=1S/C12H18N4O2S/c1-3-4-13-9(6-17-2)5-11-15-12(16-18-11)10-7-19-8-14-10/h7-9,13H,3-6H2,1-2H3. The Labute approximate surface area is 116 Å². The van der Waals surface area contributed by atoms with Crippen molar-refractivity contribution in [3.63, 3.8) is 0 Å². The minimum absolute atomic E-state index is 0.189. The zero-order valence-electron chi connectivity index (χ0n) is 11.1. The number of methoxy groups -OCH3 is 1. The van der Waals surface area contributed by atoms with Crippen molar-refractivity contribution >= 4 is 11.3 Å². The van der Waals surface area contributed by atoms with Crippen molar-refractivity contribution in [3.8, 4) is 11.5 Å². The molecule has 1 atom stereocenters. The zero-order valence-corrected chi connectivity index (χ0v) is 11.9. The van der Waals surface area contributed by atoms with Crippen molar-refractivity contribution in [1.82, 2.24) is 20.4 Å². The Balaban J connectivity index is 1.97. The highest BCUT2D eigenvalue weighted by atomic mass is 32.1. The van der Waals surface area contributed by atoms with Gasteiger partial charge in [-0.25, -0.2) is 4.98 Å². The molecule has 1 N–H and O–H groups in total. The molecule has 2 heterocycles. The van der Waals surface area contributed by atoms with Gasteiger partial charge in [-0.1, -0.05) is 12.1 Å². The molecule has 0 radical (unpaired) electrons. The van der Waals surface area contributed by atoms with Crippen LogP contribution in [0.4, 0.5) is 0 Å². The van der Waals surface area contributed by atoms with Crippen molar-refractivity contribution in [1.29, 1.82) is 0 Å². The van der Waals surface area contributed by atoms with E-state index < -0.39 is 0 Å². The molecule has 104 valence electrons. The smallest absolute Gasteiger partial charge is 0.228 e. The van der Waals surface area contributed by atoms with Gasteiger partial charge in [0.15, 0.2) is 0 Å². The molecule has 0 saturated carbocycles. The normalized spacial score (nSPS) is 12.7. The van der Waals surface area contributed by atoms with E-state index in [1.807, 2.05) is 5.38 Å². The van der Waals surface area contributed by atoms with Crippen molar-refractivity contribution in [2.75, 3.05) is 20.3 Å². The second-order valence-corrected chi connectivity index (χ2v) is 4.91. The molecule has 2 aromatic heterocycles. The predicted octanol–water partition coefficient (Wildman–Crippen LogP) is 1.75. The SMILES string of the molecule is CCCNC(COC)Cc1nc(-c2cscn2)no1. The van der Waals surface area contributed by atoms with Gasteiger partial charge in [-0.3, -0.25) is 0 Å². The summed E-state index contributed by atoms with van der Waals surface area (Å²) < 4.78 is 10.4. The van der Waals surface area contributed by atoms with Gasteiger partial charge in [0.05, 0.1) is 12.1 Å². The Bertz CT molecular complexity index is 472. The minimum Gasteiger partial charge on any atom is -0.383 e. The topological polar surface area (TPSA) is 73.1 Å². The summed E-state index contributed by atoms with van der Waals surface area (Å²) >= 11 is 1.51. The number of rotatable bonds is 8. The van der Waals surface area contributed by atoms with Crippen LogP contribution in [0.15, 0.2) is 15.4 Å². The van der Waals surface area contributed by atoms with Crippen LogP contribution in [-0.2, 0) is 11.2 Å². The quantitative estimate of drug-likeness (QED) is 0.795. The fourth-order valence-corrected chi connectivity index (χ4v) is 2.25. The lowest BCUT2D eigenvalue weighted by molar-refractivity contribution is 0.161. The number of nitrogens with one attached hydrogen (secondary N) is 1.